The number of halogens is 3. The first-order chi connectivity index (χ1) is 12.7. The van der Waals surface area contributed by atoms with Gasteiger partial charge in [-0.1, -0.05) is 26.0 Å². The maximum atomic E-state index is 13.2. The number of rotatable bonds is 7. The second kappa shape index (κ2) is 8.51. The first kappa shape index (κ1) is 20.9. The first-order valence-electron chi connectivity index (χ1n) is 8.79. The summed E-state index contributed by atoms with van der Waals surface area (Å²) in [6, 6.07) is 4.86. The highest BCUT2D eigenvalue weighted by atomic mass is 19.4. The number of nitrogens with zero attached hydrogens (tertiary/aromatic N) is 3. The Hall–Kier alpha value is -2.42. The summed E-state index contributed by atoms with van der Waals surface area (Å²) in [7, 11) is 0. The molecule has 9 heteroatoms. The van der Waals surface area contributed by atoms with Crippen LogP contribution in [0.3, 0.4) is 0 Å². The lowest BCUT2D eigenvalue weighted by Gasteiger charge is -2.21. The van der Waals surface area contributed by atoms with Gasteiger partial charge in [0, 0.05) is 13.1 Å². The molecule has 0 saturated carbocycles. The molecule has 1 N–H and O–H groups in total. The highest BCUT2D eigenvalue weighted by Gasteiger charge is 2.38. The van der Waals surface area contributed by atoms with Crippen molar-refractivity contribution in [1.29, 1.82) is 0 Å². The third kappa shape index (κ3) is 4.65. The number of hydrogen-bond acceptors (Lipinski definition) is 4. The molecule has 1 heterocycles. The highest BCUT2D eigenvalue weighted by Crippen LogP contribution is 2.27. The van der Waals surface area contributed by atoms with Gasteiger partial charge in [-0.2, -0.15) is 13.2 Å². The lowest BCUT2D eigenvalue weighted by molar-refractivity contribution is -0.142. The number of aromatic nitrogens is 2. The third-order valence-corrected chi connectivity index (χ3v) is 4.45. The van der Waals surface area contributed by atoms with E-state index in [0.717, 1.165) is 17.7 Å². The van der Waals surface area contributed by atoms with Crippen LogP contribution in [0.2, 0.25) is 0 Å². The zero-order valence-corrected chi connectivity index (χ0v) is 15.5. The molecule has 1 aromatic carbocycles. The van der Waals surface area contributed by atoms with Gasteiger partial charge in [0.1, 0.15) is 6.04 Å². The summed E-state index contributed by atoms with van der Waals surface area (Å²) in [5.41, 5.74) is -2.66. The molecule has 27 heavy (non-hydrogen) atoms. The van der Waals surface area contributed by atoms with Crippen molar-refractivity contribution in [2.45, 2.75) is 33.0 Å². The Morgan fingerprint density at radius 3 is 2.48 bits per heavy atom. The fourth-order valence-corrected chi connectivity index (χ4v) is 2.87. The molecule has 2 rings (SSSR count). The second-order valence-corrected chi connectivity index (χ2v) is 6.12. The topological polar surface area (TPSA) is 67.2 Å². The number of nitrogens with one attached hydrogen (secondary N) is 1. The monoisotopic (exact) mass is 384 g/mol. The molecule has 0 bridgehead atoms. The summed E-state index contributed by atoms with van der Waals surface area (Å²) in [5, 5.41) is 2.69. The van der Waals surface area contributed by atoms with E-state index >= 15 is 0 Å². The van der Waals surface area contributed by atoms with Crippen molar-refractivity contribution in [2.75, 3.05) is 26.2 Å². The molecule has 0 fully saturated rings. The quantitative estimate of drug-likeness (QED) is 0.796. The minimum atomic E-state index is -4.90. The predicted octanol–water partition coefficient (Wildman–Crippen LogP) is 2.43. The van der Waals surface area contributed by atoms with Gasteiger partial charge in [0.05, 0.1) is 11.0 Å². The van der Waals surface area contributed by atoms with Crippen LogP contribution < -0.4 is 10.9 Å². The molecule has 0 aliphatic heterocycles. The summed E-state index contributed by atoms with van der Waals surface area (Å²) >= 11 is 0. The summed E-state index contributed by atoms with van der Waals surface area (Å²) in [6.07, 6.45) is -4.90. The maximum Gasteiger partial charge on any atom is 0.438 e. The van der Waals surface area contributed by atoms with Gasteiger partial charge < -0.3 is 10.2 Å². The minimum absolute atomic E-state index is 0.00668. The minimum Gasteiger partial charge on any atom is -0.353 e. The molecule has 0 aliphatic carbocycles. The summed E-state index contributed by atoms with van der Waals surface area (Å²) in [4.78, 5) is 30.5. The molecule has 0 spiro atoms. The van der Waals surface area contributed by atoms with E-state index in [4.69, 9.17) is 0 Å². The van der Waals surface area contributed by atoms with Crippen LogP contribution in [0.15, 0.2) is 29.1 Å². The van der Waals surface area contributed by atoms with Crippen molar-refractivity contribution in [1.82, 2.24) is 19.8 Å². The van der Waals surface area contributed by atoms with E-state index in [1.54, 1.807) is 6.07 Å². The Labute approximate surface area is 155 Å². The summed E-state index contributed by atoms with van der Waals surface area (Å²) in [6.45, 7) is 8.00. The Kier molecular flexibility index (Phi) is 6.59. The zero-order chi connectivity index (χ0) is 20.2. The van der Waals surface area contributed by atoms with Crippen LogP contribution in [0.5, 0.6) is 0 Å². The molecule has 1 aromatic heterocycles. The molecule has 0 unspecified atom stereocenters. The van der Waals surface area contributed by atoms with Crippen molar-refractivity contribution in [3.8, 4) is 0 Å². The Morgan fingerprint density at radius 1 is 1.26 bits per heavy atom. The normalized spacial score (nSPS) is 13.1. The van der Waals surface area contributed by atoms with Gasteiger partial charge in [-0.05, 0) is 32.1 Å². The molecular formula is C18H23F3N4O2. The van der Waals surface area contributed by atoms with Crippen molar-refractivity contribution < 1.29 is 18.0 Å². The van der Waals surface area contributed by atoms with Crippen LogP contribution in [0.4, 0.5) is 13.2 Å². The molecule has 0 aliphatic rings. The van der Waals surface area contributed by atoms with E-state index in [-0.39, 0.29) is 11.0 Å². The molecule has 6 nitrogen and oxygen atoms in total. The lowest BCUT2D eigenvalue weighted by atomic mass is 10.2. The van der Waals surface area contributed by atoms with Crippen LogP contribution in [0.25, 0.3) is 11.0 Å². The van der Waals surface area contributed by atoms with Crippen LogP contribution in [-0.4, -0.2) is 46.5 Å². The maximum absolute atomic E-state index is 13.2. The van der Waals surface area contributed by atoms with E-state index in [2.05, 4.69) is 15.2 Å². The fraction of sp³-hybridized carbons (Fsp3) is 0.500. The van der Waals surface area contributed by atoms with Gasteiger partial charge >= 0.3 is 6.18 Å². The molecule has 1 amide bonds. The van der Waals surface area contributed by atoms with Crippen molar-refractivity contribution in [3.05, 3.63) is 40.3 Å². The van der Waals surface area contributed by atoms with E-state index in [0.29, 0.717) is 13.1 Å². The average molecular weight is 384 g/mol. The highest BCUT2D eigenvalue weighted by molar-refractivity contribution is 5.83. The third-order valence-electron chi connectivity index (χ3n) is 4.45. The Bertz CT molecular complexity index is 860. The van der Waals surface area contributed by atoms with Gasteiger partial charge in [-0.15, -0.1) is 0 Å². The van der Waals surface area contributed by atoms with Crippen molar-refractivity contribution in [2.24, 2.45) is 0 Å². The smallest absolute Gasteiger partial charge is 0.353 e. The first-order valence-corrected chi connectivity index (χ1v) is 8.79. The van der Waals surface area contributed by atoms with Gasteiger partial charge in [0.15, 0.2) is 0 Å². The van der Waals surface area contributed by atoms with Crippen LogP contribution in [-0.2, 0) is 11.0 Å². The molecule has 1 atom stereocenters. The average Bonchev–Trinajstić information content (AvgIpc) is 2.63. The number of hydrogen-bond donors (Lipinski definition) is 1. The van der Waals surface area contributed by atoms with Crippen molar-refractivity contribution in [3.63, 3.8) is 0 Å². The van der Waals surface area contributed by atoms with Crippen LogP contribution >= 0.6 is 0 Å². The number of alkyl halides is 3. The zero-order valence-electron chi connectivity index (χ0n) is 15.5. The lowest BCUT2D eigenvalue weighted by Crippen LogP contribution is -2.41. The fourth-order valence-electron chi connectivity index (χ4n) is 2.87. The standard InChI is InChI=1S/C18H23F3N4O2/c1-4-24(5-2)11-10-22-16(26)12(3)25-14-9-7-6-8-13(14)23-15(17(25)27)18(19,20)21/h6-9,12H,4-5,10-11H2,1-3H3,(H,22,26)/t12-/m0/s1. The largest absolute Gasteiger partial charge is 0.438 e. The van der Waals surface area contributed by atoms with Gasteiger partial charge in [-0.25, -0.2) is 4.98 Å². The van der Waals surface area contributed by atoms with E-state index < -0.39 is 29.4 Å². The van der Waals surface area contributed by atoms with E-state index in [9.17, 15) is 22.8 Å². The van der Waals surface area contributed by atoms with Gasteiger partial charge in [-0.3, -0.25) is 14.2 Å². The Morgan fingerprint density at radius 2 is 1.89 bits per heavy atom. The number of para-hydroxylation sites is 2. The predicted molar refractivity (Wildman–Crippen MR) is 96.5 cm³/mol. The van der Waals surface area contributed by atoms with Gasteiger partial charge in [0.2, 0.25) is 11.6 Å². The summed E-state index contributed by atoms with van der Waals surface area (Å²) < 4.78 is 40.5. The SMILES string of the molecule is CCN(CC)CCNC(=O)[C@H](C)n1c(=O)c(C(F)(F)F)nc2ccccc21. The Balaban J connectivity index is 2.37. The molecule has 0 saturated heterocycles. The number of likely N-dealkylation sites (N-methyl/N-ethyl adjacent to an activating group) is 1. The summed E-state index contributed by atoms with van der Waals surface area (Å²) in [5.74, 6) is -0.520. The van der Waals surface area contributed by atoms with Gasteiger partial charge in [0.25, 0.3) is 5.56 Å². The second-order valence-electron chi connectivity index (χ2n) is 6.12. The molecule has 0 radical (unpaired) electrons. The van der Waals surface area contributed by atoms with E-state index in [1.165, 1.54) is 25.1 Å². The van der Waals surface area contributed by atoms with Crippen molar-refractivity contribution >= 4 is 16.9 Å². The number of carbonyl (C=O) groups is 1. The van der Waals surface area contributed by atoms with E-state index in [1.807, 2.05) is 13.8 Å². The number of fused-ring (bicyclic) bond motifs is 1. The molecular weight excluding hydrogens is 361 g/mol. The molecule has 2 aromatic rings. The number of amides is 1. The van der Waals surface area contributed by atoms with Crippen LogP contribution in [0.1, 0.15) is 32.5 Å². The molecule has 148 valence electrons. The van der Waals surface area contributed by atoms with Crippen LogP contribution in [0, 0.1) is 0 Å². The number of carbonyl (C=O) groups excluding carboxylic acids is 1. The number of benzene rings is 1.